The predicted molar refractivity (Wildman–Crippen MR) is 122 cm³/mol. The third-order valence-corrected chi connectivity index (χ3v) is 5.93. The molecule has 4 rings (SSSR count). The highest BCUT2D eigenvalue weighted by atomic mass is 32.1. The molecule has 0 atom stereocenters. The molecular weight excluding hydrogens is 396 g/mol. The number of benzene rings is 2. The quantitative estimate of drug-likeness (QED) is 0.370. The summed E-state index contributed by atoms with van der Waals surface area (Å²) in [6.07, 6.45) is 5.57. The Morgan fingerprint density at radius 2 is 1.77 bits per heavy atom. The molecule has 0 radical (unpaired) electrons. The van der Waals surface area contributed by atoms with Crippen molar-refractivity contribution >= 4 is 39.5 Å². The lowest BCUT2D eigenvalue weighted by Gasteiger charge is -2.12. The van der Waals surface area contributed by atoms with Crippen LogP contribution in [0.3, 0.4) is 0 Å². The van der Waals surface area contributed by atoms with Crippen LogP contribution in [-0.2, 0) is 0 Å². The Kier molecular flexibility index (Phi) is 6.39. The first-order chi connectivity index (χ1) is 14.7. The van der Waals surface area contributed by atoms with Crippen LogP contribution in [0.5, 0.6) is 5.75 Å². The normalized spacial score (nSPS) is 13.6. The van der Waals surface area contributed by atoms with Gasteiger partial charge in [-0.1, -0.05) is 48.1 Å². The lowest BCUT2D eigenvalue weighted by atomic mass is 9.99. The number of nitrogens with zero attached hydrogens (tertiary/aromatic N) is 2. The fourth-order valence-corrected chi connectivity index (χ4v) is 4.22. The molecular formula is C23H24N4O2S. The summed E-state index contributed by atoms with van der Waals surface area (Å²) in [5.74, 6) is 1.20. The number of aromatic nitrogens is 1. The predicted octanol–water partition coefficient (Wildman–Crippen LogP) is 5.86. The second-order valence-electron chi connectivity index (χ2n) is 7.10. The second-order valence-corrected chi connectivity index (χ2v) is 8.09. The molecule has 0 unspecified atom stereocenters. The summed E-state index contributed by atoms with van der Waals surface area (Å²) in [6, 6.07) is 16.8. The molecule has 6 nitrogen and oxygen atoms in total. The number of hydrogen-bond acceptors (Lipinski definition) is 7. The van der Waals surface area contributed by atoms with E-state index in [1.165, 1.54) is 17.8 Å². The van der Waals surface area contributed by atoms with Gasteiger partial charge in [-0.2, -0.15) is 5.10 Å². The molecule has 1 aliphatic rings. The molecule has 1 aromatic heterocycles. The summed E-state index contributed by atoms with van der Waals surface area (Å²) in [5.41, 5.74) is 5.70. The van der Waals surface area contributed by atoms with Crippen LogP contribution >= 0.6 is 11.3 Å². The molecule has 2 aromatic carbocycles. The highest BCUT2D eigenvalue weighted by molar-refractivity contribution is 7.18. The SMILES string of the molecule is COc1ccc(Nc2nc(NN=C3CCCCC3)c(C(=O)c3ccccc3)s2)cc1. The standard InChI is InChI=1S/C23H24N4O2S/c1-29-19-14-12-17(13-15-19)24-23-25-22(27-26-18-10-6-3-7-11-18)21(30-23)20(28)16-8-4-2-5-9-16/h2,4-5,8-9,12-15,27H,3,6-7,10-11H2,1H3,(H,24,25). The van der Waals surface area contributed by atoms with Crippen molar-refractivity contribution < 1.29 is 9.53 Å². The van der Waals surface area contributed by atoms with E-state index in [2.05, 4.69) is 20.8 Å². The molecule has 30 heavy (non-hydrogen) atoms. The number of thiazole rings is 1. The number of anilines is 3. The number of carbonyl (C=O) groups is 1. The average molecular weight is 421 g/mol. The van der Waals surface area contributed by atoms with Gasteiger partial charge in [0, 0.05) is 17.0 Å². The monoisotopic (exact) mass is 420 g/mol. The van der Waals surface area contributed by atoms with E-state index < -0.39 is 0 Å². The largest absolute Gasteiger partial charge is 0.497 e. The Morgan fingerprint density at radius 3 is 2.47 bits per heavy atom. The molecule has 0 amide bonds. The van der Waals surface area contributed by atoms with Gasteiger partial charge < -0.3 is 10.1 Å². The maximum Gasteiger partial charge on any atom is 0.206 e. The fourth-order valence-electron chi connectivity index (χ4n) is 3.33. The molecule has 1 saturated carbocycles. The number of carbonyl (C=O) groups excluding carboxylic acids is 1. The molecule has 0 spiro atoms. The summed E-state index contributed by atoms with van der Waals surface area (Å²) in [6.45, 7) is 0. The van der Waals surface area contributed by atoms with E-state index in [-0.39, 0.29) is 5.78 Å². The van der Waals surface area contributed by atoms with E-state index in [0.717, 1.165) is 42.8 Å². The maximum absolute atomic E-state index is 13.1. The Hall–Kier alpha value is -3.19. The number of nitrogens with one attached hydrogen (secondary N) is 2. The van der Waals surface area contributed by atoms with Crippen molar-refractivity contribution in [2.24, 2.45) is 5.10 Å². The van der Waals surface area contributed by atoms with Crippen molar-refractivity contribution in [2.75, 3.05) is 17.9 Å². The van der Waals surface area contributed by atoms with E-state index in [1.807, 2.05) is 54.6 Å². The van der Waals surface area contributed by atoms with Crippen LogP contribution < -0.4 is 15.5 Å². The summed E-state index contributed by atoms with van der Waals surface area (Å²) in [4.78, 5) is 18.3. The molecule has 3 aromatic rings. The minimum absolute atomic E-state index is 0.0674. The number of ether oxygens (including phenoxy) is 1. The van der Waals surface area contributed by atoms with Gasteiger partial charge in [-0.3, -0.25) is 10.2 Å². The van der Waals surface area contributed by atoms with Crippen LogP contribution in [0.1, 0.15) is 47.3 Å². The van der Waals surface area contributed by atoms with E-state index in [9.17, 15) is 4.79 Å². The van der Waals surface area contributed by atoms with E-state index >= 15 is 0 Å². The van der Waals surface area contributed by atoms with Gasteiger partial charge in [0.2, 0.25) is 5.78 Å². The van der Waals surface area contributed by atoms with Gasteiger partial charge in [0.05, 0.1) is 7.11 Å². The topological polar surface area (TPSA) is 75.6 Å². The van der Waals surface area contributed by atoms with Crippen LogP contribution in [0.25, 0.3) is 0 Å². The number of rotatable bonds is 7. The minimum Gasteiger partial charge on any atom is -0.497 e. The lowest BCUT2D eigenvalue weighted by molar-refractivity contribution is 0.104. The minimum atomic E-state index is -0.0674. The van der Waals surface area contributed by atoms with Crippen LogP contribution in [-0.4, -0.2) is 23.6 Å². The highest BCUT2D eigenvalue weighted by Crippen LogP contribution is 2.32. The summed E-state index contributed by atoms with van der Waals surface area (Å²) in [7, 11) is 1.64. The Bertz CT molecular complexity index is 1020. The third kappa shape index (κ3) is 4.86. The van der Waals surface area contributed by atoms with Gasteiger partial charge in [-0.05, 0) is 49.9 Å². The zero-order valence-corrected chi connectivity index (χ0v) is 17.7. The van der Waals surface area contributed by atoms with Crippen LogP contribution in [0.2, 0.25) is 0 Å². The van der Waals surface area contributed by atoms with Crippen molar-refractivity contribution in [1.29, 1.82) is 0 Å². The highest BCUT2D eigenvalue weighted by Gasteiger charge is 2.20. The molecule has 2 N–H and O–H groups in total. The Morgan fingerprint density at radius 1 is 1.03 bits per heavy atom. The van der Waals surface area contributed by atoms with Gasteiger partial charge in [-0.15, -0.1) is 0 Å². The van der Waals surface area contributed by atoms with Crippen molar-refractivity contribution in [3.8, 4) is 5.75 Å². The number of methoxy groups -OCH3 is 1. The van der Waals surface area contributed by atoms with Crippen LogP contribution in [0.15, 0.2) is 59.7 Å². The van der Waals surface area contributed by atoms with Crippen molar-refractivity contribution in [3.05, 3.63) is 65.0 Å². The molecule has 1 fully saturated rings. The molecule has 7 heteroatoms. The Balaban J connectivity index is 1.60. The lowest BCUT2D eigenvalue weighted by Crippen LogP contribution is -2.09. The molecule has 0 aliphatic heterocycles. The van der Waals surface area contributed by atoms with Crippen molar-refractivity contribution in [2.45, 2.75) is 32.1 Å². The fraction of sp³-hybridized carbons (Fsp3) is 0.261. The van der Waals surface area contributed by atoms with Crippen molar-refractivity contribution in [1.82, 2.24) is 4.98 Å². The maximum atomic E-state index is 13.1. The molecule has 0 saturated heterocycles. The summed E-state index contributed by atoms with van der Waals surface area (Å²) in [5, 5.41) is 8.45. The second kappa shape index (κ2) is 9.54. The molecule has 1 aliphatic carbocycles. The van der Waals surface area contributed by atoms with E-state index in [0.29, 0.717) is 21.4 Å². The van der Waals surface area contributed by atoms with Crippen molar-refractivity contribution in [3.63, 3.8) is 0 Å². The first-order valence-electron chi connectivity index (χ1n) is 10.1. The molecule has 1 heterocycles. The zero-order valence-electron chi connectivity index (χ0n) is 16.9. The summed E-state index contributed by atoms with van der Waals surface area (Å²) < 4.78 is 5.20. The first-order valence-corrected chi connectivity index (χ1v) is 10.9. The smallest absolute Gasteiger partial charge is 0.206 e. The van der Waals surface area contributed by atoms with Gasteiger partial charge in [0.25, 0.3) is 0 Å². The van der Waals surface area contributed by atoms with Crippen LogP contribution in [0.4, 0.5) is 16.6 Å². The first kappa shape index (κ1) is 20.1. The number of hydrogen-bond donors (Lipinski definition) is 2. The number of ketones is 1. The zero-order chi connectivity index (χ0) is 20.8. The van der Waals surface area contributed by atoms with Gasteiger partial charge in [0.1, 0.15) is 10.6 Å². The van der Waals surface area contributed by atoms with E-state index in [1.54, 1.807) is 7.11 Å². The van der Waals surface area contributed by atoms with Crippen LogP contribution in [0, 0.1) is 0 Å². The number of hydrazone groups is 1. The molecule has 0 bridgehead atoms. The Labute approximate surface area is 180 Å². The average Bonchev–Trinajstić information content (AvgIpc) is 3.21. The summed E-state index contributed by atoms with van der Waals surface area (Å²) >= 11 is 1.32. The van der Waals surface area contributed by atoms with Gasteiger partial charge >= 0.3 is 0 Å². The van der Waals surface area contributed by atoms with Gasteiger partial charge in [0.15, 0.2) is 10.9 Å². The molecule has 154 valence electrons. The van der Waals surface area contributed by atoms with E-state index in [4.69, 9.17) is 4.74 Å². The third-order valence-electron chi connectivity index (χ3n) is 4.96. The van der Waals surface area contributed by atoms with Gasteiger partial charge in [-0.25, -0.2) is 4.98 Å².